The molecule has 0 unspecified atom stereocenters. The number of hydrogen-bond acceptors (Lipinski definition) is 5. The number of fused-ring (bicyclic) bond motifs is 9. The average molecular weight is 644 g/mol. The van der Waals surface area contributed by atoms with Gasteiger partial charge in [-0.1, -0.05) is 73.2 Å². The van der Waals surface area contributed by atoms with Crippen LogP contribution in [0.4, 0.5) is 4.79 Å². The highest BCUT2D eigenvalue weighted by Gasteiger charge is 2.64. The Bertz CT molecular complexity index is 1870. The maximum Gasteiger partial charge on any atom is 0.410 e. The summed E-state index contributed by atoms with van der Waals surface area (Å²) in [7, 11) is 1.62. The van der Waals surface area contributed by atoms with Gasteiger partial charge in [0.2, 0.25) is 0 Å². The number of ether oxygens (including phenoxy) is 2. The Balaban J connectivity index is 1.29. The maximum absolute atomic E-state index is 14.3. The maximum atomic E-state index is 14.3. The van der Waals surface area contributed by atoms with Crippen molar-refractivity contribution in [2.24, 2.45) is 5.41 Å². The molecule has 6 heteroatoms. The number of amides is 1. The van der Waals surface area contributed by atoms with E-state index < -0.39 is 17.1 Å². The van der Waals surface area contributed by atoms with Crippen LogP contribution in [0.2, 0.25) is 0 Å². The Morgan fingerprint density at radius 2 is 1.79 bits per heavy atom. The average Bonchev–Trinajstić information content (AvgIpc) is 3.56. The molecule has 4 aromatic carbocycles. The van der Waals surface area contributed by atoms with Gasteiger partial charge in [-0.05, 0) is 116 Å². The van der Waals surface area contributed by atoms with Crippen LogP contribution >= 0.6 is 0 Å². The summed E-state index contributed by atoms with van der Waals surface area (Å²) in [5.74, 6) is 0.648. The smallest absolute Gasteiger partial charge is 0.410 e. The van der Waals surface area contributed by atoms with E-state index in [0.29, 0.717) is 42.8 Å². The van der Waals surface area contributed by atoms with E-state index >= 15 is 0 Å². The number of rotatable bonds is 5. The predicted molar refractivity (Wildman–Crippen MR) is 188 cm³/mol. The van der Waals surface area contributed by atoms with Crippen LogP contribution in [-0.2, 0) is 17.7 Å². The van der Waals surface area contributed by atoms with E-state index in [9.17, 15) is 14.7 Å². The molecular weight excluding hydrogens is 598 g/mol. The topological polar surface area (TPSA) is 76.1 Å². The Labute approximate surface area is 283 Å². The summed E-state index contributed by atoms with van der Waals surface area (Å²) in [6.07, 6.45) is 6.68. The lowest BCUT2D eigenvalue weighted by Gasteiger charge is -2.43. The fourth-order valence-corrected chi connectivity index (χ4v) is 8.64. The fourth-order valence-electron chi connectivity index (χ4n) is 8.64. The summed E-state index contributed by atoms with van der Waals surface area (Å²) in [6, 6.07) is 28.0. The number of aliphatic hydroxyl groups excluding tert-OH is 1. The second-order valence-electron chi connectivity index (χ2n) is 14.3. The Kier molecular flexibility index (Phi) is 8.63. The van der Waals surface area contributed by atoms with Crippen LogP contribution in [-0.4, -0.2) is 47.2 Å². The van der Waals surface area contributed by atoms with Crippen LogP contribution in [0.15, 0.2) is 96.6 Å². The zero-order chi connectivity index (χ0) is 33.5. The first-order chi connectivity index (χ1) is 23.2. The predicted octanol–water partition coefficient (Wildman–Crippen LogP) is 8.78. The molecule has 48 heavy (non-hydrogen) atoms. The van der Waals surface area contributed by atoms with E-state index in [4.69, 9.17) is 9.47 Å². The van der Waals surface area contributed by atoms with Gasteiger partial charge in [0, 0.05) is 23.1 Å². The Hall–Kier alpha value is -4.42. The molecule has 6 nitrogen and oxygen atoms in total. The molecule has 1 heterocycles. The Morgan fingerprint density at radius 3 is 2.60 bits per heavy atom. The molecule has 248 valence electrons. The van der Waals surface area contributed by atoms with Crippen LogP contribution in [0.3, 0.4) is 0 Å². The summed E-state index contributed by atoms with van der Waals surface area (Å²) in [5, 5.41) is 13.2. The summed E-state index contributed by atoms with van der Waals surface area (Å²) in [4.78, 5) is 30.0. The molecule has 0 aromatic heterocycles. The summed E-state index contributed by atoms with van der Waals surface area (Å²) in [6.45, 7) is 5.42. The van der Waals surface area contributed by atoms with Crippen molar-refractivity contribution in [2.45, 2.75) is 83.0 Å². The molecule has 8 rings (SSSR count). The first-order valence-electron chi connectivity index (χ1n) is 17.3. The molecule has 2 bridgehead atoms. The van der Waals surface area contributed by atoms with E-state index in [0.717, 1.165) is 59.6 Å². The van der Waals surface area contributed by atoms with Crippen LogP contribution in [0.25, 0.3) is 10.8 Å². The van der Waals surface area contributed by atoms with Crippen molar-refractivity contribution in [2.75, 3.05) is 13.7 Å². The molecule has 2 fully saturated rings. The van der Waals surface area contributed by atoms with Crippen molar-refractivity contribution in [3.8, 4) is 5.75 Å². The molecule has 1 saturated carbocycles. The minimum atomic E-state index is -0.687. The number of ketones is 1. The molecule has 3 aliphatic carbocycles. The third-order valence-corrected chi connectivity index (χ3v) is 11.5. The van der Waals surface area contributed by atoms with Gasteiger partial charge in [-0.25, -0.2) is 4.79 Å². The first-order valence-corrected chi connectivity index (χ1v) is 17.3. The molecule has 4 aliphatic rings. The summed E-state index contributed by atoms with van der Waals surface area (Å²) in [5.41, 5.74) is 4.47. The highest BCUT2D eigenvalue weighted by Crippen LogP contribution is 2.62. The zero-order valence-corrected chi connectivity index (χ0v) is 28.2. The number of nitrogens with zero attached hydrogens (tertiary/aromatic N) is 1. The number of hydrogen-bond donors (Lipinski definition) is 1. The van der Waals surface area contributed by atoms with Gasteiger partial charge >= 0.3 is 6.09 Å². The van der Waals surface area contributed by atoms with Crippen molar-refractivity contribution in [3.63, 3.8) is 0 Å². The van der Waals surface area contributed by atoms with Gasteiger partial charge in [-0.2, -0.15) is 0 Å². The van der Waals surface area contributed by atoms with E-state index in [2.05, 4.69) is 62.4 Å². The minimum Gasteiger partial charge on any atom is -0.497 e. The van der Waals surface area contributed by atoms with Gasteiger partial charge in [0.1, 0.15) is 11.4 Å². The second kappa shape index (κ2) is 12.9. The van der Waals surface area contributed by atoms with E-state index in [1.165, 1.54) is 5.57 Å². The van der Waals surface area contributed by atoms with E-state index in [1.54, 1.807) is 7.11 Å². The van der Waals surface area contributed by atoms with Crippen LogP contribution < -0.4 is 4.74 Å². The van der Waals surface area contributed by atoms with Crippen molar-refractivity contribution < 1.29 is 24.2 Å². The van der Waals surface area contributed by atoms with Gasteiger partial charge in [-0.3, -0.25) is 9.69 Å². The molecule has 1 aliphatic heterocycles. The SMILES string of the molecule is COc1ccc(C(=O)c2cc3ccc2[C@@H]2CC[C@@]4(CN(Cc5cccc6ccccc56)C(=O)O4)[C@@]2(C)CCC=C(C)CC[C@H](O)C3)cc1. The van der Waals surface area contributed by atoms with E-state index in [-0.39, 0.29) is 17.8 Å². The zero-order valence-electron chi connectivity index (χ0n) is 28.2. The quantitative estimate of drug-likeness (QED) is 0.174. The third kappa shape index (κ3) is 5.81. The van der Waals surface area contributed by atoms with Gasteiger partial charge in [0.25, 0.3) is 0 Å². The molecule has 0 radical (unpaired) electrons. The third-order valence-electron chi connectivity index (χ3n) is 11.5. The monoisotopic (exact) mass is 643 g/mol. The van der Waals surface area contributed by atoms with Crippen molar-refractivity contribution >= 4 is 22.6 Å². The molecule has 1 spiro atoms. The van der Waals surface area contributed by atoms with Gasteiger partial charge < -0.3 is 14.6 Å². The highest BCUT2D eigenvalue weighted by molar-refractivity contribution is 6.10. The molecule has 1 N–H and O–H groups in total. The standard InChI is InChI=1S/C42H45NO5/c1-28-8-7-22-41(2)38(21-23-42(41)27-43(40(46)48-42)26-32-11-6-10-30-9-4-5-12-35(30)32)36-20-14-29(24-33(44)17-13-28)25-37(36)39(45)31-15-18-34(47-3)19-16-31/h4-6,8-12,14-16,18-20,25,33,38,44H,7,13,17,21-24,26-27H2,1-3H3/t33-,38-,41-,42+/m0/s1. The number of allylic oxidation sites excluding steroid dienone is 2. The van der Waals surface area contributed by atoms with Crippen LogP contribution in [0.1, 0.15) is 90.9 Å². The number of carbonyl (C=O) groups is 2. The van der Waals surface area contributed by atoms with Crippen molar-refractivity contribution in [1.82, 2.24) is 4.90 Å². The lowest BCUT2D eigenvalue weighted by molar-refractivity contribution is -0.0373. The molecule has 4 aromatic rings. The van der Waals surface area contributed by atoms with Gasteiger partial charge in [-0.15, -0.1) is 0 Å². The highest BCUT2D eigenvalue weighted by atomic mass is 16.6. The van der Waals surface area contributed by atoms with Crippen LogP contribution in [0, 0.1) is 5.41 Å². The van der Waals surface area contributed by atoms with Crippen molar-refractivity contribution in [1.29, 1.82) is 0 Å². The van der Waals surface area contributed by atoms with E-state index in [1.807, 2.05) is 47.4 Å². The molecule has 1 saturated heterocycles. The second-order valence-corrected chi connectivity index (χ2v) is 14.3. The lowest BCUT2D eigenvalue weighted by atomic mass is 9.64. The summed E-state index contributed by atoms with van der Waals surface area (Å²) >= 11 is 0. The summed E-state index contributed by atoms with van der Waals surface area (Å²) < 4.78 is 11.9. The number of methoxy groups -OCH3 is 1. The van der Waals surface area contributed by atoms with Gasteiger partial charge in [0.15, 0.2) is 5.78 Å². The first kappa shape index (κ1) is 32.1. The number of carbonyl (C=O) groups excluding carboxylic acids is 2. The van der Waals surface area contributed by atoms with Gasteiger partial charge in [0.05, 0.1) is 19.8 Å². The molecular formula is C42H45NO5. The fraction of sp³-hybridized carbons (Fsp3) is 0.381. The molecule has 1 amide bonds. The minimum absolute atomic E-state index is 0.00405. The molecule has 4 atom stereocenters. The van der Waals surface area contributed by atoms with Crippen LogP contribution in [0.5, 0.6) is 5.75 Å². The lowest BCUT2D eigenvalue weighted by Crippen LogP contribution is -2.48. The Morgan fingerprint density at radius 1 is 1.00 bits per heavy atom. The van der Waals surface area contributed by atoms with Crippen molar-refractivity contribution in [3.05, 3.63) is 124 Å². The number of benzene rings is 4. The normalized spacial score (nSPS) is 25.9. The largest absolute Gasteiger partial charge is 0.497 e. The number of aliphatic hydroxyl groups is 1.